The first kappa shape index (κ1) is 17.8. The van der Waals surface area contributed by atoms with Gasteiger partial charge >= 0.3 is 0 Å². The van der Waals surface area contributed by atoms with Gasteiger partial charge in [0.15, 0.2) is 0 Å². The minimum absolute atomic E-state index is 0.112. The van der Waals surface area contributed by atoms with Crippen LogP contribution in [0, 0.1) is 0 Å². The Hall–Kier alpha value is -2.58. The van der Waals surface area contributed by atoms with Gasteiger partial charge in [0.2, 0.25) is 0 Å². The van der Waals surface area contributed by atoms with Gasteiger partial charge in [0, 0.05) is 75.7 Å². The number of imidazole rings is 1. The first-order chi connectivity index (χ1) is 13.3. The lowest BCUT2D eigenvalue weighted by Crippen LogP contribution is -2.27. The maximum atomic E-state index is 12.4. The fraction of sp³-hybridized carbons (Fsp3) is 0.368. The number of aromatic nitrogens is 4. The first-order valence-electron chi connectivity index (χ1n) is 9.12. The van der Waals surface area contributed by atoms with Gasteiger partial charge in [-0.3, -0.25) is 14.7 Å². The Bertz CT molecular complexity index is 852. The zero-order valence-corrected chi connectivity index (χ0v) is 15.9. The summed E-state index contributed by atoms with van der Waals surface area (Å²) >= 11 is 1.60. The number of hydrogen-bond donors (Lipinski definition) is 1. The van der Waals surface area contributed by atoms with Gasteiger partial charge in [-0.05, 0) is 11.6 Å². The first-order valence-corrected chi connectivity index (χ1v) is 10.00. The van der Waals surface area contributed by atoms with Crippen LogP contribution in [0.2, 0.25) is 0 Å². The molecule has 4 rings (SSSR count). The summed E-state index contributed by atoms with van der Waals surface area (Å²) in [5.74, 6) is 0.869. The highest BCUT2D eigenvalue weighted by Gasteiger charge is 2.19. The predicted molar refractivity (Wildman–Crippen MR) is 104 cm³/mol. The summed E-state index contributed by atoms with van der Waals surface area (Å²) in [7, 11) is 0. The fourth-order valence-electron chi connectivity index (χ4n) is 3.23. The van der Waals surface area contributed by atoms with Crippen molar-refractivity contribution in [2.45, 2.75) is 25.9 Å². The molecule has 0 fully saturated rings. The van der Waals surface area contributed by atoms with E-state index in [9.17, 15) is 4.79 Å². The van der Waals surface area contributed by atoms with Crippen LogP contribution in [0.4, 0.5) is 0 Å². The zero-order chi connectivity index (χ0) is 18.5. The molecule has 3 aromatic heterocycles. The molecule has 0 saturated carbocycles. The summed E-state index contributed by atoms with van der Waals surface area (Å²) in [5, 5.41) is 5.92. The monoisotopic (exact) mass is 382 g/mol. The molecular formula is C19H22N6OS. The Morgan fingerprint density at radius 3 is 3.04 bits per heavy atom. The van der Waals surface area contributed by atoms with E-state index in [1.807, 2.05) is 23.8 Å². The highest BCUT2D eigenvalue weighted by molar-refractivity contribution is 7.09. The van der Waals surface area contributed by atoms with Crippen molar-refractivity contribution in [3.8, 4) is 0 Å². The van der Waals surface area contributed by atoms with Crippen LogP contribution >= 0.6 is 11.3 Å². The Morgan fingerprint density at radius 2 is 2.22 bits per heavy atom. The quantitative estimate of drug-likeness (QED) is 0.703. The number of amides is 1. The van der Waals surface area contributed by atoms with E-state index in [4.69, 9.17) is 0 Å². The molecule has 0 atom stereocenters. The summed E-state index contributed by atoms with van der Waals surface area (Å²) in [6, 6.07) is 4.07. The van der Waals surface area contributed by atoms with E-state index >= 15 is 0 Å². The SMILES string of the molecule is O=C(NCCc1nccs1)c1cn2c(n1)CCN(Cc1cccnc1)CC2. The lowest BCUT2D eigenvalue weighted by Gasteiger charge is -2.19. The third-order valence-corrected chi connectivity index (χ3v) is 5.48. The number of rotatable bonds is 6. The van der Waals surface area contributed by atoms with E-state index in [1.54, 1.807) is 23.7 Å². The molecule has 1 aliphatic rings. The number of carbonyl (C=O) groups is 1. The van der Waals surface area contributed by atoms with Gasteiger partial charge in [-0.15, -0.1) is 11.3 Å². The zero-order valence-electron chi connectivity index (χ0n) is 15.0. The highest BCUT2D eigenvalue weighted by Crippen LogP contribution is 2.12. The third-order valence-electron chi connectivity index (χ3n) is 4.64. The van der Waals surface area contributed by atoms with E-state index in [0.717, 1.165) is 49.9 Å². The molecule has 4 heterocycles. The molecule has 0 bridgehead atoms. The summed E-state index contributed by atoms with van der Waals surface area (Å²) in [5.41, 5.74) is 1.72. The number of hydrogen-bond acceptors (Lipinski definition) is 6. The van der Waals surface area contributed by atoms with Gasteiger partial charge in [-0.1, -0.05) is 6.07 Å². The molecule has 0 aliphatic carbocycles. The lowest BCUT2D eigenvalue weighted by atomic mass is 10.2. The van der Waals surface area contributed by atoms with Crippen LogP contribution in [-0.2, 0) is 25.9 Å². The van der Waals surface area contributed by atoms with Crippen LogP contribution in [-0.4, -0.2) is 50.0 Å². The van der Waals surface area contributed by atoms with Gasteiger partial charge < -0.3 is 9.88 Å². The highest BCUT2D eigenvalue weighted by atomic mass is 32.1. The van der Waals surface area contributed by atoms with Crippen molar-refractivity contribution in [1.29, 1.82) is 0 Å². The van der Waals surface area contributed by atoms with Crippen LogP contribution in [0.3, 0.4) is 0 Å². The number of fused-ring (bicyclic) bond motifs is 1. The Kier molecular flexibility index (Phi) is 5.55. The van der Waals surface area contributed by atoms with Crippen molar-refractivity contribution in [3.05, 3.63) is 64.4 Å². The summed E-state index contributed by atoms with van der Waals surface area (Å²) in [6.45, 7) is 4.17. The Labute approximate surface area is 162 Å². The third kappa shape index (κ3) is 4.58. The van der Waals surface area contributed by atoms with E-state index in [1.165, 1.54) is 5.56 Å². The van der Waals surface area contributed by atoms with Crippen LogP contribution in [0.5, 0.6) is 0 Å². The van der Waals surface area contributed by atoms with Gasteiger partial charge in [-0.2, -0.15) is 0 Å². The number of nitrogens with zero attached hydrogens (tertiary/aromatic N) is 5. The summed E-state index contributed by atoms with van der Waals surface area (Å²) in [6.07, 6.45) is 8.96. The molecule has 0 unspecified atom stereocenters. The summed E-state index contributed by atoms with van der Waals surface area (Å²) in [4.78, 5) is 27.7. The number of thiazole rings is 1. The van der Waals surface area contributed by atoms with Crippen molar-refractivity contribution >= 4 is 17.2 Å². The van der Waals surface area contributed by atoms with E-state index in [2.05, 4.69) is 35.8 Å². The standard InChI is InChI=1S/C19H22N6OS/c26-19(22-6-3-18-21-7-11-27-18)16-14-25-10-9-24(8-4-17(25)23-16)13-15-2-1-5-20-12-15/h1-2,5,7,11-12,14H,3-4,6,8-10,13H2,(H,22,26). The predicted octanol–water partition coefficient (Wildman–Crippen LogP) is 1.77. The van der Waals surface area contributed by atoms with Crippen molar-refractivity contribution in [3.63, 3.8) is 0 Å². The molecule has 8 heteroatoms. The number of nitrogens with one attached hydrogen (secondary N) is 1. The number of carbonyl (C=O) groups excluding carboxylic acids is 1. The number of pyridine rings is 1. The molecule has 0 aromatic carbocycles. The van der Waals surface area contributed by atoms with Crippen LogP contribution in [0.15, 0.2) is 42.3 Å². The van der Waals surface area contributed by atoms with E-state index < -0.39 is 0 Å². The van der Waals surface area contributed by atoms with Crippen molar-refractivity contribution < 1.29 is 4.79 Å². The second-order valence-electron chi connectivity index (χ2n) is 6.55. The second kappa shape index (κ2) is 8.41. The van der Waals surface area contributed by atoms with Crippen LogP contribution in [0.25, 0.3) is 0 Å². The lowest BCUT2D eigenvalue weighted by molar-refractivity contribution is 0.0949. The fourth-order valence-corrected chi connectivity index (χ4v) is 3.85. The van der Waals surface area contributed by atoms with Crippen molar-refractivity contribution in [2.24, 2.45) is 0 Å². The maximum absolute atomic E-state index is 12.4. The van der Waals surface area contributed by atoms with Gasteiger partial charge in [0.1, 0.15) is 11.5 Å². The van der Waals surface area contributed by atoms with Crippen LogP contribution < -0.4 is 5.32 Å². The second-order valence-corrected chi connectivity index (χ2v) is 7.53. The maximum Gasteiger partial charge on any atom is 0.271 e. The summed E-state index contributed by atoms with van der Waals surface area (Å²) < 4.78 is 2.11. The molecule has 1 amide bonds. The molecule has 0 spiro atoms. The Morgan fingerprint density at radius 1 is 1.26 bits per heavy atom. The molecule has 1 N–H and O–H groups in total. The van der Waals surface area contributed by atoms with E-state index in [0.29, 0.717) is 12.2 Å². The average molecular weight is 382 g/mol. The van der Waals surface area contributed by atoms with Gasteiger partial charge in [0.05, 0.1) is 5.01 Å². The molecule has 1 aliphatic heterocycles. The smallest absolute Gasteiger partial charge is 0.271 e. The molecule has 140 valence electrons. The van der Waals surface area contributed by atoms with E-state index in [-0.39, 0.29) is 5.91 Å². The minimum atomic E-state index is -0.112. The molecule has 0 saturated heterocycles. The molecule has 3 aromatic rings. The largest absolute Gasteiger partial charge is 0.350 e. The molecular weight excluding hydrogens is 360 g/mol. The van der Waals surface area contributed by atoms with Gasteiger partial charge in [-0.25, -0.2) is 9.97 Å². The minimum Gasteiger partial charge on any atom is -0.350 e. The Balaban J connectivity index is 1.31. The normalized spacial score (nSPS) is 14.5. The average Bonchev–Trinajstić information content (AvgIpc) is 3.31. The van der Waals surface area contributed by atoms with Gasteiger partial charge in [0.25, 0.3) is 5.91 Å². The van der Waals surface area contributed by atoms with Crippen LogP contribution in [0.1, 0.15) is 26.9 Å². The molecule has 0 radical (unpaired) electrons. The topological polar surface area (TPSA) is 75.9 Å². The molecule has 7 nitrogen and oxygen atoms in total. The van der Waals surface area contributed by atoms with Crippen molar-refractivity contribution in [1.82, 2.24) is 29.7 Å². The molecule has 27 heavy (non-hydrogen) atoms. The van der Waals surface area contributed by atoms with Crippen molar-refractivity contribution in [2.75, 3.05) is 19.6 Å².